The summed E-state index contributed by atoms with van der Waals surface area (Å²) in [5.74, 6) is 0. The molecule has 1 aliphatic rings. The van der Waals surface area contributed by atoms with Gasteiger partial charge in [-0.3, -0.25) is 0 Å². The molecule has 1 saturated heterocycles. The quantitative estimate of drug-likeness (QED) is 0.791. The Balaban J connectivity index is 2.34. The number of aryl methyl sites for hydroxylation is 1. The smallest absolute Gasteiger partial charge is 0.123 e. The average Bonchev–Trinajstić information content (AvgIpc) is 2.28. The fourth-order valence-corrected chi connectivity index (χ4v) is 2.85. The van der Waals surface area contributed by atoms with E-state index in [0.717, 1.165) is 9.35 Å². The molecule has 0 bridgehead atoms. The van der Waals surface area contributed by atoms with Crippen LogP contribution in [0.3, 0.4) is 0 Å². The average molecular weight is 248 g/mol. The number of thiophene rings is 1. The summed E-state index contributed by atoms with van der Waals surface area (Å²) in [7, 11) is 0. The Morgan fingerprint density at radius 2 is 2.33 bits per heavy atom. The lowest BCUT2D eigenvalue weighted by Gasteiger charge is -2.36. The Hall–Kier alpha value is 0.100. The van der Waals surface area contributed by atoms with Gasteiger partial charge >= 0.3 is 0 Å². The number of halogens is 1. The molecule has 12 heavy (non-hydrogen) atoms. The maximum atomic E-state index is 9.95. The summed E-state index contributed by atoms with van der Waals surface area (Å²) in [6.07, 6.45) is 0. The molecule has 66 valence electrons. The van der Waals surface area contributed by atoms with Crippen LogP contribution in [0.5, 0.6) is 0 Å². The van der Waals surface area contributed by atoms with Crippen molar-refractivity contribution in [2.75, 3.05) is 13.1 Å². The van der Waals surface area contributed by atoms with E-state index in [0.29, 0.717) is 13.1 Å². The van der Waals surface area contributed by atoms with Crippen molar-refractivity contribution in [1.82, 2.24) is 5.32 Å². The zero-order valence-corrected chi connectivity index (χ0v) is 9.13. The highest BCUT2D eigenvalue weighted by Crippen LogP contribution is 2.35. The molecule has 0 unspecified atom stereocenters. The van der Waals surface area contributed by atoms with E-state index >= 15 is 0 Å². The van der Waals surface area contributed by atoms with Gasteiger partial charge in [-0.1, -0.05) is 0 Å². The molecule has 0 radical (unpaired) electrons. The molecule has 2 nitrogen and oxygen atoms in total. The van der Waals surface area contributed by atoms with Crippen LogP contribution in [0.4, 0.5) is 0 Å². The third kappa shape index (κ3) is 1.23. The minimum atomic E-state index is -0.596. The van der Waals surface area contributed by atoms with Gasteiger partial charge in [0, 0.05) is 27.3 Å². The highest BCUT2D eigenvalue weighted by molar-refractivity contribution is 9.10. The van der Waals surface area contributed by atoms with Gasteiger partial charge in [0.1, 0.15) is 5.60 Å². The maximum Gasteiger partial charge on any atom is 0.123 e. The van der Waals surface area contributed by atoms with Crippen molar-refractivity contribution in [1.29, 1.82) is 0 Å². The summed E-state index contributed by atoms with van der Waals surface area (Å²) in [5, 5.41) is 13.0. The first-order chi connectivity index (χ1) is 5.62. The van der Waals surface area contributed by atoms with Gasteiger partial charge in [0.25, 0.3) is 0 Å². The number of hydrogen-bond acceptors (Lipinski definition) is 3. The fraction of sp³-hybridized carbons (Fsp3) is 0.500. The number of β-amino-alcohol motifs (C(OH)–C–C–N with tert-alkyl or cyclic N) is 1. The third-order valence-electron chi connectivity index (χ3n) is 2.15. The summed E-state index contributed by atoms with van der Waals surface area (Å²) in [5.41, 5.74) is -0.596. The van der Waals surface area contributed by atoms with E-state index in [4.69, 9.17) is 0 Å². The minimum absolute atomic E-state index is 0.596. The number of rotatable bonds is 1. The van der Waals surface area contributed by atoms with Crippen molar-refractivity contribution >= 4 is 27.3 Å². The molecule has 1 fully saturated rings. The zero-order chi connectivity index (χ0) is 8.77. The molecule has 0 spiro atoms. The monoisotopic (exact) mass is 247 g/mol. The van der Waals surface area contributed by atoms with Gasteiger partial charge in [-0.2, -0.15) is 0 Å². The first-order valence-corrected chi connectivity index (χ1v) is 5.42. The summed E-state index contributed by atoms with van der Waals surface area (Å²) >= 11 is 5.10. The highest BCUT2D eigenvalue weighted by Gasteiger charge is 2.37. The second-order valence-corrected chi connectivity index (χ2v) is 5.26. The van der Waals surface area contributed by atoms with Crippen LogP contribution in [0.2, 0.25) is 0 Å². The number of hydrogen-bond donors (Lipinski definition) is 2. The summed E-state index contributed by atoms with van der Waals surface area (Å²) in [6.45, 7) is 3.41. The van der Waals surface area contributed by atoms with Crippen molar-refractivity contribution in [3.05, 3.63) is 20.3 Å². The Kier molecular flexibility index (Phi) is 2.03. The van der Waals surface area contributed by atoms with Gasteiger partial charge in [-0.05, 0) is 28.9 Å². The van der Waals surface area contributed by atoms with E-state index in [1.165, 1.54) is 4.88 Å². The molecule has 4 heteroatoms. The van der Waals surface area contributed by atoms with E-state index in [-0.39, 0.29) is 0 Å². The van der Waals surface area contributed by atoms with Crippen LogP contribution in [0.15, 0.2) is 10.5 Å². The van der Waals surface area contributed by atoms with Gasteiger partial charge in [0.05, 0.1) is 0 Å². The van der Waals surface area contributed by atoms with E-state index in [2.05, 4.69) is 21.2 Å². The molecule has 2 rings (SSSR count). The van der Waals surface area contributed by atoms with Crippen LogP contribution in [0, 0.1) is 6.92 Å². The van der Waals surface area contributed by atoms with Crippen molar-refractivity contribution in [3.8, 4) is 0 Å². The Labute approximate surface area is 83.7 Å². The lowest BCUT2D eigenvalue weighted by atomic mass is 9.95. The number of aliphatic hydroxyl groups is 1. The Bertz CT molecular complexity index is 287. The molecular weight excluding hydrogens is 238 g/mol. The van der Waals surface area contributed by atoms with Crippen LogP contribution >= 0.6 is 27.3 Å². The first-order valence-electron chi connectivity index (χ1n) is 3.81. The normalized spacial score (nSPS) is 20.6. The van der Waals surface area contributed by atoms with Gasteiger partial charge in [0.2, 0.25) is 0 Å². The molecule has 0 amide bonds. The van der Waals surface area contributed by atoms with Crippen LogP contribution in [-0.2, 0) is 5.60 Å². The van der Waals surface area contributed by atoms with E-state index < -0.39 is 5.60 Å². The molecule has 1 aliphatic heterocycles. The molecule has 0 atom stereocenters. The molecular formula is C8H10BrNOS. The highest BCUT2D eigenvalue weighted by atomic mass is 79.9. The van der Waals surface area contributed by atoms with Crippen LogP contribution < -0.4 is 5.32 Å². The van der Waals surface area contributed by atoms with Gasteiger partial charge < -0.3 is 10.4 Å². The lowest BCUT2D eigenvalue weighted by Crippen LogP contribution is -2.56. The molecule has 0 aromatic carbocycles. The molecule has 0 saturated carbocycles. The molecule has 0 aliphatic carbocycles. The van der Waals surface area contributed by atoms with Gasteiger partial charge in [-0.25, -0.2) is 0 Å². The molecule has 2 N–H and O–H groups in total. The largest absolute Gasteiger partial charge is 0.382 e. The van der Waals surface area contributed by atoms with Crippen LogP contribution in [0.25, 0.3) is 0 Å². The zero-order valence-electron chi connectivity index (χ0n) is 6.72. The summed E-state index contributed by atoms with van der Waals surface area (Å²) in [6, 6.07) is 2.01. The second kappa shape index (κ2) is 2.80. The standard InChI is InChI=1S/C8H10BrNOS/c1-5-6(9)2-7(12-5)8(11)3-10-4-8/h2,10-11H,3-4H2,1H3. The van der Waals surface area contributed by atoms with Gasteiger partial charge in [-0.15, -0.1) is 11.3 Å². The van der Waals surface area contributed by atoms with Crippen molar-refractivity contribution in [2.45, 2.75) is 12.5 Å². The van der Waals surface area contributed by atoms with E-state index in [1.807, 2.05) is 13.0 Å². The molecule has 2 heterocycles. The summed E-state index contributed by atoms with van der Waals surface area (Å²) in [4.78, 5) is 2.29. The fourth-order valence-electron chi connectivity index (χ4n) is 1.23. The number of nitrogens with one attached hydrogen (secondary N) is 1. The second-order valence-electron chi connectivity index (χ2n) is 3.15. The first kappa shape index (κ1) is 8.69. The Morgan fingerprint density at radius 1 is 1.67 bits per heavy atom. The maximum absolute atomic E-state index is 9.95. The Morgan fingerprint density at radius 3 is 2.67 bits per heavy atom. The minimum Gasteiger partial charge on any atom is -0.382 e. The predicted molar refractivity (Wildman–Crippen MR) is 53.5 cm³/mol. The van der Waals surface area contributed by atoms with Crippen LogP contribution in [-0.4, -0.2) is 18.2 Å². The van der Waals surface area contributed by atoms with E-state index in [9.17, 15) is 5.11 Å². The van der Waals surface area contributed by atoms with E-state index in [1.54, 1.807) is 11.3 Å². The topological polar surface area (TPSA) is 32.3 Å². The molecule has 1 aromatic rings. The molecule has 1 aromatic heterocycles. The van der Waals surface area contributed by atoms with Crippen molar-refractivity contribution in [2.24, 2.45) is 0 Å². The third-order valence-corrected chi connectivity index (χ3v) is 4.48. The predicted octanol–water partition coefficient (Wildman–Crippen LogP) is 1.61. The van der Waals surface area contributed by atoms with Crippen LogP contribution in [0.1, 0.15) is 9.75 Å². The summed E-state index contributed by atoms with van der Waals surface area (Å²) < 4.78 is 1.10. The van der Waals surface area contributed by atoms with Gasteiger partial charge in [0.15, 0.2) is 0 Å². The lowest BCUT2D eigenvalue weighted by molar-refractivity contribution is -0.0112. The van der Waals surface area contributed by atoms with Crippen molar-refractivity contribution in [3.63, 3.8) is 0 Å². The SMILES string of the molecule is Cc1sc(C2(O)CNC2)cc1Br. The van der Waals surface area contributed by atoms with Crippen molar-refractivity contribution < 1.29 is 5.11 Å².